The molecule has 4 heteroatoms. The second kappa shape index (κ2) is 4.82. The molecule has 0 spiro atoms. The van der Waals surface area contributed by atoms with Crippen LogP contribution in [0, 0.1) is 12.7 Å². The van der Waals surface area contributed by atoms with Gasteiger partial charge in [0.2, 0.25) is 0 Å². The van der Waals surface area contributed by atoms with Crippen LogP contribution in [0.5, 0.6) is 0 Å². The molecule has 1 N–H and O–H groups in total. The van der Waals surface area contributed by atoms with Crippen molar-refractivity contribution < 1.29 is 13.6 Å². The number of nitrogens with one attached hydrogen (secondary N) is 1. The molecule has 1 heterocycles. The van der Waals surface area contributed by atoms with Crippen molar-refractivity contribution in [1.82, 2.24) is 5.32 Å². The van der Waals surface area contributed by atoms with E-state index in [4.69, 9.17) is 4.42 Å². The Balaban J connectivity index is 1.99. The summed E-state index contributed by atoms with van der Waals surface area (Å²) in [4.78, 5) is 11.6. The Morgan fingerprint density at radius 2 is 2.06 bits per heavy atom. The molecular formula is C13H12FNO2. The summed E-state index contributed by atoms with van der Waals surface area (Å²) in [5.74, 6) is 0.227. The minimum absolute atomic E-state index is 0.144. The van der Waals surface area contributed by atoms with Crippen LogP contribution in [-0.4, -0.2) is 5.91 Å². The molecule has 0 unspecified atom stereocenters. The van der Waals surface area contributed by atoms with Crippen molar-refractivity contribution in [2.75, 3.05) is 0 Å². The van der Waals surface area contributed by atoms with E-state index in [-0.39, 0.29) is 24.0 Å². The summed E-state index contributed by atoms with van der Waals surface area (Å²) in [6.45, 7) is 1.90. The molecule has 0 saturated carbocycles. The standard InChI is InChI=1S/C13H12FNO2/c1-9-6-7-12(17-9)13(16)15-8-10-4-2-3-5-11(10)14/h2-7H,8H2,1H3,(H,15,16). The van der Waals surface area contributed by atoms with E-state index in [1.54, 1.807) is 37.3 Å². The summed E-state index contributed by atoms with van der Waals surface area (Å²) in [5, 5.41) is 2.60. The summed E-state index contributed by atoms with van der Waals surface area (Å²) >= 11 is 0. The normalized spacial score (nSPS) is 10.2. The van der Waals surface area contributed by atoms with E-state index in [0.29, 0.717) is 11.3 Å². The topological polar surface area (TPSA) is 42.2 Å². The van der Waals surface area contributed by atoms with Crippen molar-refractivity contribution >= 4 is 5.91 Å². The SMILES string of the molecule is Cc1ccc(C(=O)NCc2ccccc2F)o1. The fourth-order valence-electron chi connectivity index (χ4n) is 1.46. The molecule has 0 bridgehead atoms. The van der Waals surface area contributed by atoms with E-state index < -0.39 is 0 Å². The van der Waals surface area contributed by atoms with E-state index >= 15 is 0 Å². The number of aryl methyl sites for hydroxylation is 1. The lowest BCUT2D eigenvalue weighted by atomic mass is 10.2. The minimum atomic E-state index is -0.346. The predicted octanol–water partition coefficient (Wildman–Crippen LogP) is 2.66. The third-order valence-electron chi connectivity index (χ3n) is 2.36. The fourth-order valence-corrected chi connectivity index (χ4v) is 1.46. The molecule has 2 rings (SSSR count). The van der Waals surface area contributed by atoms with Crippen LogP contribution in [0.4, 0.5) is 4.39 Å². The van der Waals surface area contributed by atoms with Crippen molar-refractivity contribution in [1.29, 1.82) is 0 Å². The third-order valence-corrected chi connectivity index (χ3v) is 2.36. The Morgan fingerprint density at radius 3 is 2.71 bits per heavy atom. The number of carbonyl (C=O) groups is 1. The minimum Gasteiger partial charge on any atom is -0.456 e. The Hall–Kier alpha value is -2.10. The monoisotopic (exact) mass is 233 g/mol. The van der Waals surface area contributed by atoms with Gasteiger partial charge in [-0.3, -0.25) is 4.79 Å². The Kier molecular flexibility index (Phi) is 3.23. The van der Waals surface area contributed by atoms with E-state index in [0.717, 1.165) is 0 Å². The van der Waals surface area contributed by atoms with Gasteiger partial charge in [-0.25, -0.2) is 4.39 Å². The average Bonchev–Trinajstić information content (AvgIpc) is 2.74. The fraction of sp³-hybridized carbons (Fsp3) is 0.154. The molecule has 1 amide bonds. The second-order valence-corrected chi connectivity index (χ2v) is 3.68. The highest BCUT2D eigenvalue weighted by Crippen LogP contribution is 2.08. The van der Waals surface area contributed by atoms with Crippen molar-refractivity contribution in [3.05, 3.63) is 59.3 Å². The van der Waals surface area contributed by atoms with Crippen LogP contribution in [0.3, 0.4) is 0 Å². The molecule has 0 radical (unpaired) electrons. The first-order valence-corrected chi connectivity index (χ1v) is 5.25. The Bertz CT molecular complexity index is 534. The quantitative estimate of drug-likeness (QED) is 0.885. The molecule has 3 nitrogen and oxygen atoms in total. The second-order valence-electron chi connectivity index (χ2n) is 3.68. The summed E-state index contributed by atoms with van der Waals surface area (Å²) < 4.78 is 18.4. The van der Waals surface area contributed by atoms with Gasteiger partial charge in [0.1, 0.15) is 11.6 Å². The number of benzene rings is 1. The van der Waals surface area contributed by atoms with Crippen LogP contribution in [0.2, 0.25) is 0 Å². The highest BCUT2D eigenvalue weighted by Gasteiger charge is 2.10. The first-order valence-electron chi connectivity index (χ1n) is 5.25. The number of furan rings is 1. The van der Waals surface area contributed by atoms with Gasteiger partial charge in [-0.1, -0.05) is 18.2 Å². The van der Waals surface area contributed by atoms with Crippen LogP contribution in [0.25, 0.3) is 0 Å². The zero-order valence-electron chi connectivity index (χ0n) is 9.37. The lowest BCUT2D eigenvalue weighted by Crippen LogP contribution is -2.22. The van der Waals surface area contributed by atoms with Crippen LogP contribution in [-0.2, 0) is 6.54 Å². The zero-order chi connectivity index (χ0) is 12.3. The van der Waals surface area contributed by atoms with Gasteiger partial charge < -0.3 is 9.73 Å². The maximum absolute atomic E-state index is 13.3. The number of hydrogen-bond donors (Lipinski definition) is 1. The van der Waals surface area contributed by atoms with Crippen LogP contribution in [0.1, 0.15) is 21.9 Å². The van der Waals surface area contributed by atoms with Gasteiger partial charge in [0.05, 0.1) is 0 Å². The van der Waals surface area contributed by atoms with E-state index in [2.05, 4.69) is 5.32 Å². The average molecular weight is 233 g/mol. The Labute approximate surface area is 98.3 Å². The number of hydrogen-bond acceptors (Lipinski definition) is 2. The van der Waals surface area contributed by atoms with Crippen LogP contribution < -0.4 is 5.32 Å². The molecule has 0 atom stereocenters. The van der Waals surface area contributed by atoms with Gasteiger partial charge in [0.15, 0.2) is 5.76 Å². The van der Waals surface area contributed by atoms with E-state index in [1.165, 1.54) is 6.07 Å². The number of amides is 1. The predicted molar refractivity (Wildman–Crippen MR) is 61.0 cm³/mol. The lowest BCUT2D eigenvalue weighted by molar-refractivity contribution is 0.0921. The van der Waals surface area contributed by atoms with Crippen LogP contribution in [0.15, 0.2) is 40.8 Å². The molecule has 0 aliphatic heterocycles. The molecule has 1 aromatic heterocycles. The molecular weight excluding hydrogens is 221 g/mol. The maximum Gasteiger partial charge on any atom is 0.287 e. The van der Waals surface area contributed by atoms with Crippen molar-refractivity contribution in [3.63, 3.8) is 0 Å². The molecule has 1 aromatic carbocycles. The molecule has 0 aliphatic carbocycles. The van der Waals surface area contributed by atoms with Gasteiger partial charge in [0.25, 0.3) is 5.91 Å². The van der Waals surface area contributed by atoms with Gasteiger partial charge in [0, 0.05) is 12.1 Å². The van der Waals surface area contributed by atoms with Gasteiger partial charge in [-0.15, -0.1) is 0 Å². The highest BCUT2D eigenvalue weighted by atomic mass is 19.1. The summed E-state index contributed by atoms with van der Waals surface area (Å²) in [7, 11) is 0. The van der Waals surface area contributed by atoms with Crippen molar-refractivity contribution in [2.45, 2.75) is 13.5 Å². The number of rotatable bonds is 3. The molecule has 2 aromatic rings. The zero-order valence-corrected chi connectivity index (χ0v) is 9.37. The number of halogens is 1. The van der Waals surface area contributed by atoms with Gasteiger partial charge in [-0.2, -0.15) is 0 Å². The first-order chi connectivity index (χ1) is 8.16. The van der Waals surface area contributed by atoms with E-state index in [1.807, 2.05) is 0 Å². The van der Waals surface area contributed by atoms with Crippen LogP contribution >= 0.6 is 0 Å². The highest BCUT2D eigenvalue weighted by molar-refractivity contribution is 5.91. The maximum atomic E-state index is 13.3. The van der Waals surface area contributed by atoms with Crippen molar-refractivity contribution in [3.8, 4) is 0 Å². The first kappa shape index (κ1) is 11.4. The smallest absolute Gasteiger partial charge is 0.287 e. The van der Waals surface area contributed by atoms with E-state index in [9.17, 15) is 9.18 Å². The largest absolute Gasteiger partial charge is 0.456 e. The van der Waals surface area contributed by atoms with Gasteiger partial charge >= 0.3 is 0 Å². The van der Waals surface area contributed by atoms with Gasteiger partial charge in [-0.05, 0) is 25.1 Å². The summed E-state index contributed by atoms with van der Waals surface area (Å²) in [6.07, 6.45) is 0. The lowest BCUT2D eigenvalue weighted by Gasteiger charge is -2.04. The summed E-state index contributed by atoms with van der Waals surface area (Å²) in [6, 6.07) is 9.61. The third kappa shape index (κ3) is 2.72. The molecule has 0 saturated heterocycles. The molecule has 0 fully saturated rings. The molecule has 17 heavy (non-hydrogen) atoms. The number of carbonyl (C=O) groups excluding carboxylic acids is 1. The summed E-state index contributed by atoms with van der Waals surface area (Å²) in [5.41, 5.74) is 0.448. The van der Waals surface area contributed by atoms with Crippen molar-refractivity contribution in [2.24, 2.45) is 0 Å². The molecule has 0 aliphatic rings. The Morgan fingerprint density at radius 1 is 1.29 bits per heavy atom. The molecule has 88 valence electrons.